The number of allylic oxidation sites excluding steroid dienone is 2. The number of carboxylic acid groups (broad SMARTS) is 1. The predicted octanol–water partition coefficient (Wildman–Crippen LogP) is 1.62. The highest BCUT2D eigenvalue weighted by atomic mass is 16.4. The molecule has 2 saturated carbocycles. The van der Waals surface area contributed by atoms with Crippen LogP contribution in [0.1, 0.15) is 18.9 Å². The minimum atomic E-state index is -1.09. The van der Waals surface area contributed by atoms with Crippen LogP contribution in [0.15, 0.2) is 36.4 Å². The summed E-state index contributed by atoms with van der Waals surface area (Å²) < 4.78 is 0. The fraction of sp³-hybridized carbons (Fsp3) is 0.474. The monoisotopic (exact) mass is 310 g/mol. The van der Waals surface area contributed by atoms with E-state index in [9.17, 15) is 14.7 Å². The third-order valence-corrected chi connectivity index (χ3v) is 5.86. The van der Waals surface area contributed by atoms with Crippen molar-refractivity contribution in [1.82, 2.24) is 0 Å². The molecule has 23 heavy (non-hydrogen) atoms. The van der Waals surface area contributed by atoms with Gasteiger partial charge in [-0.3, -0.25) is 4.79 Å². The number of carboxylic acids is 1. The SMILES string of the molecule is CCc1ccc(NC(=O)C2C3C=CC(C4CC34)C2C(=O)[O-])cc1. The molecule has 4 aliphatic rings. The third kappa shape index (κ3) is 2.28. The molecular formula is C19H20NO3-. The summed E-state index contributed by atoms with van der Waals surface area (Å²) in [6, 6.07) is 7.72. The van der Waals surface area contributed by atoms with E-state index in [-0.39, 0.29) is 17.7 Å². The van der Waals surface area contributed by atoms with Crippen molar-refractivity contribution < 1.29 is 14.7 Å². The van der Waals surface area contributed by atoms with Gasteiger partial charge in [0.1, 0.15) is 0 Å². The molecule has 0 aliphatic heterocycles. The van der Waals surface area contributed by atoms with Crippen LogP contribution in [-0.2, 0) is 16.0 Å². The number of aliphatic carboxylic acids is 1. The number of fused-ring (bicyclic) bond motifs is 1. The topological polar surface area (TPSA) is 69.2 Å². The van der Waals surface area contributed by atoms with Gasteiger partial charge in [-0.25, -0.2) is 0 Å². The van der Waals surface area contributed by atoms with Crippen molar-refractivity contribution in [1.29, 1.82) is 0 Å². The van der Waals surface area contributed by atoms with E-state index in [0.717, 1.165) is 18.5 Å². The normalized spacial score (nSPS) is 36.4. The predicted molar refractivity (Wildman–Crippen MR) is 84.2 cm³/mol. The summed E-state index contributed by atoms with van der Waals surface area (Å²) in [5, 5.41) is 14.5. The molecule has 0 saturated heterocycles. The molecule has 4 nitrogen and oxygen atoms in total. The summed E-state index contributed by atoms with van der Waals surface area (Å²) in [5.41, 5.74) is 1.93. The molecule has 5 rings (SSSR count). The summed E-state index contributed by atoms with van der Waals surface area (Å²) in [7, 11) is 0. The highest BCUT2D eigenvalue weighted by Crippen LogP contribution is 2.63. The third-order valence-electron chi connectivity index (χ3n) is 5.86. The van der Waals surface area contributed by atoms with E-state index in [4.69, 9.17) is 0 Å². The van der Waals surface area contributed by atoms with Gasteiger partial charge in [0.05, 0.1) is 5.92 Å². The number of hydrogen-bond donors (Lipinski definition) is 1. The Bertz CT molecular complexity index is 678. The molecule has 2 fully saturated rings. The van der Waals surface area contributed by atoms with E-state index in [1.54, 1.807) is 0 Å². The molecule has 6 unspecified atom stereocenters. The molecule has 4 heteroatoms. The number of amides is 1. The van der Waals surface area contributed by atoms with Crippen LogP contribution in [0.2, 0.25) is 0 Å². The number of carbonyl (C=O) groups is 2. The Balaban J connectivity index is 1.56. The zero-order valence-corrected chi connectivity index (χ0v) is 13.1. The number of hydrogen-bond acceptors (Lipinski definition) is 3. The van der Waals surface area contributed by atoms with Gasteiger partial charge >= 0.3 is 0 Å². The van der Waals surface area contributed by atoms with Crippen LogP contribution in [-0.4, -0.2) is 11.9 Å². The molecule has 1 aromatic rings. The molecule has 1 N–H and O–H groups in total. The van der Waals surface area contributed by atoms with Crippen LogP contribution in [0.4, 0.5) is 5.69 Å². The highest BCUT2D eigenvalue weighted by Gasteiger charge is 2.61. The van der Waals surface area contributed by atoms with Gasteiger partial charge in [-0.1, -0.05) is 31.2 Å². The largest absolute Gasteiger partial charge is 0.550 e. The second-order valence-corrected chi connectivity index (χ2v) is 7.01. The van der Waals surface area contributed by atoms with Gasteiger partial charge in [0.2, 0.25) is 5.91 Å². The summed E-state index contributed by atoms with van der Waals surface area (Å²) in [6.07, 6.45) is 6.05. The maximum atomic E-state index is 12.8. The zero-order valence-electron chi connectivity index (χ0n) is 13.1. The second kappa shape index (κ2) is 5.22. The van der Waals surface area contributed by atoms with E-state index < -0.39 is 17.8 Å². The Morgan fingerprint density at radius 2 is 1.70 bits per heavy atom. The molecule has 120 valence electrons. The average Bonchev–Trinajstić information content (AvgIpc) is 3.37. The van der Waals surface area contributed by atoms with Crippen molar-refractivity contribution in [2.45, 2.75) is 19.8 Å². The van der Waals surface area contributed by atoms with Crippen LogP contribution >= 0.6 is 0 Å². The van der Waals surface area contributed by atoms with Crippen LogP contribution in [0.3, 0.4) is 0 Å². The Morgan fingerprint density at radius 1 is 1.09 bits per heavy atom. The van der Waals surface area contributed by atoms with E-state index >= 15 is 0 Å². The lowest BCUT2D eigenvalue weighted by Gasteiger charge is -2.44. The molecule has 6 atom stereocenters. The van der Waals surface area contributed by atoms with E-state index in [1.165, 1.54) is 5.56 Å². The van der Waals surface area contributed by atoms with Crippen molar-refractivity contribution in [3.63, 3.8) is 0 Å². The quantitative estimate of drug-likeness (QED) is 0.859. The average molecular weight is 310 g/mol. The molecule has 1 amide bonds. The summed E-state index contributed by atoms with van der Waals surface area (Å²) in [4.78, 5) is 24.4. The fourth-order valence-corrected chi connectivity index (χ4v) is 4.60. The highest BCUT2D eigenvalue weighted by molar-refractivity contribution is 5.96. The van der Waals surface area contributed by atoms with Gasteiger partial charge in [0.25, 0.3) is 0 Å². The number of aryl methyl sites for hydroxylation is 1. The standard InChI is InChI=1S/C19H21NO3/c1-2-10-3-5-11(6-4-10)20-18(21)16-12-7-8-13(15-9-14(12)15)17(16)19(22)23/h3-8,12-17H,2,9H2,1H3,(H,20,21)(H,22,23)/p-1. The minimum absolute atomic E-state index is 0.0341. The lowest BCUT2D eigenvalue weighted by atomic mass is 9.62. The number of benzene rings is 1. The van der Waals surface area contributed by atoms with Gasteiger partial charge < -0.3 is 15.2 Å². The molecule has 1 aromatic carbocycles. The molecule has 0 heterocycles. The first-order valence-corrected chi connectivity index (χ1v) is 8.39. The van der Waals surface area contributed by atoms with Crippen LogP contribution in [0.25, 0.3) is 0 Å². The van der Waals surface area contributed by atoms with Gasteiger partial charge in [0, 0.05) is 17.6 Å². The van der Waals surface area contributed by atoms with Crippen molar-refractivity contribution >= 4 is 17.6 Å². The van der Waals surface area contributed by atoms with Crippen LogP contribution in [0.5, 0.6) is 0 Å². The lowest BCUT2D eigenvalue weighted by molar-refractivity contribution is -0.316. The van der Waals surface area contributed by atoms with Crippen molar-refractivity contribution in [2.75, 3.05) is 5.32 Å². The number of nitrogens with one attached hydrogen (secondary N) is 1. The fourth-order valence-electron chi connectivity index (χ4n) is 4.60. The van der Waals surface area contributed by atoms with E-state index in [1.807, 2.05) is 30.3 Å². The summed E-state index contributed by atoms with van der Waals surface area (Å²) in [6.45, 7) is 2.08. The van der Waals surface area contributed by atoms with Gasteiger partial charge in [-0.15, -0.1) is 0 Å². The number of carbonyl (C=O) groups excluding carboxylic acids is 2. The first-order chi connectivity index (χ1) is 11.1. The van der Waals surface area contributed by atoms with Gasteiger partial charge in [-0.05, 0) is 54.2 Å². The lowest BCUT2D eigenvalue weighted by Crippen LogP contribution is -2.52. The maximum Gasteiger partial charge on any atom is 0.228 e. The Morgan fingerprint density at radius 3 is 2.26 bits per heavy atom. The van der Waals surface area contributed by atoms with E-state index in [0.29, 0.717) is 11.8 Å². The molecule has 0 radical (unpaired) electrons. The zero-order chi connectivity index (χ0) is 16.1. The Hall–Kier alpha value is -2.10. The van der Waals surface area contributed by atoms with Crippen molar-refractivity contribution in [3.8, 4) is 0 Å². The minimum Gasteiger partial charge on any atom is -0.550 e. The molecule has 0 spiro atoms. The molecule has 0 aromatic heterocycles. The van der Waals surface area contributed by atoms with E-state index in [2.05, 4.69) is 18.3 Å². The summed E-state index contributed by atoms with van der Waals surface area (Å²) in [5.74, 6) is -1.53. The van der Waals surface area contributed by atoms with Crippen molar-refractivity contribution in [3.05, 3.63) is 42.0 Å². The smallest absolute Gasteiger partial charge is 0.228 e. The second-order valence-electron chi connectivity index (χ2n) is 7.01. The molecule has 4 aliphatic carbocycles. The Labute approximate surface area is 135 Å². The van der Waals surface area contributed by atoms with Crippen LogP contribution < -0.4 is 10.4 Å². The van der Waals surface area contributed by atoms with Crippen LogP contribution in [0, 0.1) is 35.5 Å². The first kappa shape index (κ1) is 14.5. The molecule has 2 bridgehead atoms. The summed E-state index contributed by atoms with van der Waals surface area (Å²) >= 11 is 0. The maximum absolute atomic E-state index is 12.8. The number of rotatable bonds is 4. The van der Waals surface area contributed by atoms with Gasteiger partial charge in [-0.2, -0.15) is 0 Å². The first-order valence-electron chi connectivity index (χ1n) is 8.39. The van der Waals surface area contributed by atoms with Crippen molar-refractivity contribution in [2.24, 2.45) is 35.5 Å². The Kier molecular flexibility index (Phi) is 3.29. The number of anilines is 1. The van der Waals surface area contributed by atoms with Gasteiger partial charge in [0.15, 0.2) is 0 Å². The molecular weight excluding hydrogens is 290 g/mol.